The molecule has 3 rings (SSSR count). The minimum Gasteiger partial charge on any atom is -0.357 e. The van der Waals surface area contributed by atoms with Crippen LogP contribution in [0.4, 0.5) is 0 Å². The quantitative estimate of drug-likeness (QED) is 0.519. The smallest absolute Gasteiger partial charge is 0.211 e. The van der Waals surface area contributed by atoms with Crippen LogP contribution in [-0.2, 0) is 10.0 Å². The normalized spacial score (nSPS) is 27.3. The van der Waals surface area contributed by atoms with E-state index in [1.807, 2.05) is 0 Å². The van der Waals surface area contributed by atoms with Crippen LogP contribution in [0.25, 0.3) is 0 Å². The summed E-state index contributed by atoms with van der Waals surface area (Å²) in [4.78, 5) is 7.48. The number of aliphatic imine (C=N–C) groups is 1. The van der Waals surface area contributed by atoms with Crippen molar-refractivity contribution in [1.29, 1.82) is 0 Å². The molecular formula is C19H37N5O2S. The van der Waals surface area contributed by atoms with Gasteiger partial charge in [0.15, 0.2) is 5.96 Å². The summed E-state index contributed by atoms with van der Waals surface area (Å²) in [5, 5.41) is 7.01. The van der Waals surface area contributed by atoms with Gasteiger partial charge in [-0.2, -0.15) is 0 Å². The minimum absolute atomic E-state index is 0.469. The maximum atomic E-state index is 11.6. The summed E-state index contributed by atoms with van der Waals surface area (Å²) >= 11 is 0. The number of sulfonamides is 1. The molecule has 8 heteroatoms. The Morgan fingerprint density at radius 1 is 1.07 bits per heavy atom. The molecule has 2 N–H and O–H groups in total. The van der Waals surface area contributed by atoms with Crippen LogP contribution in [0.2, 0.25) is 0 Å². The number of guanidine groups is 1. The van der Waals surface area contributed by atoms with Gasteiger partial charge in [0.05, 0.1) is 6.26 Å². The predicted octanol–water partition coefficient (Wildman–Crippen LogP) is 1.23. The fraction of sp³-hybridized carbons (Fsp3) is 0.947. The topological polar surface area (TPSA) is 77.0 Å². The molecule has 1 aliphatic carbocycles. The Kier molecular flexibility index (Phi) is 7.39. The Labute approximate surface area is 165 Å². The second-order valence-corrected chi connectivity index (χ2v) is 10.4. The zero-order valence-electron chi connectivity index (χ0n) is 17.0. The van der Waals surface area contributed by atoms with Crippen molar-refractivity contribution < 1.29 is 8.42 Å². The first-order valence-electron chi connectivity index (χ1n) is 10.7. The Bertz CT molecular complexity index is 595. The van der Waals surface area contributed by atoms with Crippen LogP contribution in [0, 0.1) is 5.92 Å². The maximum Gasteiger partial charge on any atom is 0.211 e. The third-order valence-electron chi connectivity index (χ3n) is 6.30. The van der Waals surface area contributed by atoms with Gasteiger partial charge in [-0.1, -0.05) is 12.8 Å². The summed E-state index contributed by atoms with van der Waals surface area (Å²) < 4.78 is 24.9. The molecule has 0 spiro atoms. The van der Waals surface area contributed by atoms with Gasteiger partial charge in [0.25, 0.3) is 0 Å². The van der Waals surface area contributed by atoms with Crippen molar-refractivity contribution in [3.05, 3.63) is 0 Å². The van der Waals surface area contributed by atoms with Crippen molar-refractivity contribution in [2.75, 3.05) is 45.5 Å². The van der Waals surface area contributed by atoms with Crippen molar-refractivity contribution >= 4 is 16.0 Å². The Balaban J connectivity index is 1.46. The van der Waals surface area contributed by atoms with Crippen molar-refractivity contribution in [3.63, 3.8) is 0 Å². The fourth-order valence-electron chi connectivity index (χ4n) is 4.66. The Hall–Kier alpha value is -0.860. The van der Waals surface area contributed by atoms with Gasteiger partial charge >= 0.3 is 0 Å². The molecule has 0 radical (unpaired) electrons. The second-order valence-electron chi connectivity index (χ2n) is 8.39. The maximum absolute atomic E-state index is 11.6. The van der Waals surface area contributed by atoms with E-state index in [9.17, 15) is 8.42 Å². The highest BCUT2D eigenvalue weighted by molar-refractivity contribution is 7.88. The summed E-state index contributed by atoms with van der Waals surface area (Å²) in [5.74, 6) is 1.39. The fourth-order valence-corrected chi connectivity index (χ4v) is 5.54. The van der Waals surface area contributed by atoms with E-state index in [-0.39, 0.29) is 0 Å². The molecule has 1 saturated carbocycles. The van der Waals surface area contributed by atoms with E-state index in [2.05, 4.69) is 22.5 Å². The standard InChI is InChI=1S/C19H37N5O2S/c1-3-20-19(21-14-16-8-12-24(13-9-16)27(2,25)26)22-17-10-11-23(15-17)18-6-4-5-7-18/h16-18H,3-15H2,1-2H3,(H2,20,21,22). The first-order valence-corrected chi connectivity index (χ1v) is 12.5. The van der Waals surface area contributed by atoms with Crippen LogP contribution < -0.4 is 10.6 Å². The molecule has 156 valence electrons. The monoisotopic (exact) mass is 399 g/mol. The molecule has 0 aromatic carbocycles. The molecule has 1 atom stereocenters. The zero-order chi connectivity index (χ0) is 19.3. The minimum atomic E-state index is -3.05. The van der Waals surface area contributed by atoms with Crippen LogP contribution in [0.5, 0.6) is 0 Å². The van der Waals surface area contributed by atoms with Gasteiger partial charge in [-0.05, 0) is 44.9 Å². The molecule has 0 amide bonds. The first kappa shape index (κ1) is 20.9. The third-order valence-corrected chi connectivity index (χ3v) is 7.60. The Morgan fingerprint density at radius 3 is 2.41 bits per heavy atom. The zero-order valence-corrected chi connectivity index (χ0v) is 17.8. The van der Waals surface area contributed by atoms with Gasteiger partial charge in [-0.25, -0.2) is 12.7 Å². The molecule has 3 fully saturated rings. The predicted molar refractivity (Wildman–Crippen MR) is 110 cm³/mol. The highest BCUT2D eigenvalue weighted by atomic mass is 32.2. The van der Waals surface area contributed by atoms with E-state index in [1.165, 1.54) is 44.9 Å². The van der Waals surface area contributed by atoms with Gasteiger partial charge in [-0.15, -0.1) is 0 Å². The summed E-state index contributed by atoms with van der Waals surface area (Å²) in [7, 11) is -3.05. The van der Waals surface area contributed by atoms with E-state index >= 15 is 0 Å². The van der Waals surface area contributed by atoms with E-state index in [0.29, 0.717) is 25.0 Å². The van der Waals surface area contributed by atoms with Gasteiger partial charge < -0.3 is 10.6 Å². The van der Waals surface area contributed by atoms with E-state index < -0.39 is 10.0 Å². The van der Waals surface area contributed by atoms with Crippen LogP contribution >= 0.6 is 0 Å². The van der Waals surface area contributed by atoms with Crippen molar-refractivity contribution in [2.24, 2.45) is 10.9 Å². The average molecular weight is 400 g/mol. The molecule has 1 unspecified atom stereocenters. The van der Waals surface area contributed by atoms with Crippen molar-refractivity contribution in [1.82, 2.24) is 19.8 Å². The number of piperidine rings is 1. The molecule has 0 aromatic rings. The van der Waals surface area contributed by atoms with Gasteiger partial charge in [0.1, 0.15) is 0 Å². The second kappa shape index (κ2) is 9.56. The average Bonchev–Trinajstić information content (AvgIpc) is 3.31. The lowest BCUT2D eigenvalue weighted by molar-refractivity contribution is 0.242. The molecule has 7 nitrogen and oxygen atoms in total. The molecule has 0 bridgehead atoms. The highest BCUT2D eigenvalue weighted by Crippen LogP contribution is 2.26. The molecule has 0 aromatic heterocycles. The van der Waals surface area contributed by atoms with E-state index in [1.54, 1.807) is 4.31 Å². The molecule has 3 aliphatic rings. The lowest BCUT2D eigenvalue weighted by Crippen LogP contribution is -2.45. The van der Waals surface area contributed by atoms with Crippen molar-refractivity contribution in [2.45, 2.75) is 64.0 Å². The summed E-state index contributed by atoms with van der Waals surface area (Å²) in [6.45, 7) is 7.31. The Morgan fingerprint density at radius 2 is 1.78 bits per heavy atom. The number of hydrogen-bond donors (Lipinski definition) is 2. The largest absolute Gasteiger partial charge is 0.357 e. The van der Waals surface area contributed by atoms with Crippen LogP contribution in [0.15, 0.2) is 4.99 Å². The molecule has 2 aliphatic heterocycles. The van der Waals surface area contributed by atoms with Crippen LogP contribution in [0.1, 0.15) is 51.9 Å². The van der Waals surface area contributed by atoms with Crippen molar-refractivity contribution in [3.8, 4) is 0 Å². The van der Waals surface area contributed by atoms with Gasteiger partial charge in [0, 0.05) is 51.4 Å². The number of rotatable bonds is 6. The molecule has 2 heterocycles. The highest BCUT2D eigenvalue weighted by Gasteiger charge is 2.30. The summed E-state index contributed by atoms with van der Waals surface area (Å²) in [6, 6.07) is 1.28. The first-order chi connectivity index (χ1) is 13.0. The lowest BCUT2D eigenvalue weighted by Gasteiger charge is -2.29. The molecule has 2 saturated heterocycles. The number of nitrogens with zero attached hydrogens (tertiary/aromatic N) is 3. The third kappa shape index (κ3) is 6.06. The lowest BCUT2D eigenvalue weighted by atomic mass is 9.98. The van der Waals surface area contributed by atoms with Crippen LogP contribution in [-0.4, -0.2) is 81.2 Å². The van der Waals surface area contributed by atoms with E-state index in [0.717, 1.165) is 44.5 Å². The SMILES string of the molecule is CCNC(=NCC1CCN(S(C)(=O)=O)CC1)NC1CCN(C2CCCC2)C1. The number of nitrogens with one attached hydrogen (secondary N) is 2. The number of likely N-dealkylation sites (tertiary alicyclic amines) is 1. The van der Waals surface area contributed by atoms with Gasteiger partial charge in [-0.3, -0.25) is 9.89 Å². The van der Waals surface area contributed by atoms with Gasteiger partial charge in [0.2, 0.25) is 10.0 Å². The van der Waals surface area contributed by atoms with E-state index in [4.69, 9.17) is 4.99 Å². The summed E-state index contributed by atoms with van der Waals surface area (Å²) in [5.41, 5.74) is 0. The molecule has 27 heavy (non-hydrogen) atoms. The number of hydrogen-bond acceptors (Lipinski definition) is 4. The van der Waals surface area contributed by atoms with Crippen LogP contribution in [0.3, 0.4) is 0 Å². The molecular weight excluding hydrogens is 362 g/mol. The summed E-state index contributed by atoms with van der Waals surface area (Å²) in [6.07, 6.45) is 9.80.